The molecule has 0 bridgehead atoms. The number of amides is 1. The van der Waals surface area contributed by atoms with E-state index in [9.17, 15) is 9.18 Å². The first-order chi connectivity index (χ1) is 11.2. The monoisotopic (exact) mass is 319 g/mol. The Labute approximate surface area is 136 Å². The van der Waals surface area contributed by atoms with Gasteiger partial charge < -0.3 is 9.64 Å². The molecule has 0 atom stereocenters. The number of hydrogen-bond donors (Lipinski definition) is 0. The minimum atomic E-state index is -0.341. The summed E-state index contributed by atoms with van der Waals surface area (Å²) >= 11 is 0. The molecule has 0 N–H and O–H groups in total. The highest BCUT2D eigenvalue weighted by Gasteiger charge is 2.17. The van der Waals surface area contributed by atoms with Gasteiger partial charge in [0, 0.05) is 32.7 Å². The third-order valence-corrected chi connectivity index (χ3v) is 3.88. The zero-order chi connectivity index (χ0) is 16.5. The van der Waals surface area contributed by atoms with Crippen LogP contribution in [0.15, 0.2) is 24.3 Å². The Kier molecular flexibility index (Phi) is 6.98. The van der Waals surface area contributed by atoms with Crippen molar-refractivity contribution in [3.63, 3.8) is 0 Å². The van der Waals surface area contributed by atoms with E-state index in [-0.39, 0.29) is 18.1 Å². The number of morpholine rings is 1. The molecule has 0 saturated carbocycles. The molecule has 1 fully saturated rings. The Bertz CT molecular complexity index is 553. The van der Waals surface area contributed by atoms with Gasteiger partial charge in [-0.3, -0.25) is 9.69 Å². The van der Waals surface area contributed by atoms with Crippen LogP contribution in [0.1, 0.15) is 12.0 Å². The number of nitriles is 1. The van der Waals surface area contributed by atoms with Crippen LogP contribution in [-0.4, -0.2) is 61.6 Å². The number of hydrogen-bond acceptors (Lipinski definition) is 4. The maximum absolute atomic E-state index is 13.2. The molecular weight excluding hydrogens is 297 g/mol. The summed E-state index contributed by atoms with van der Waals surface area (Å²) in [6.45, 7) is 4.92. The number of carbonyl (C=O) groups excluding carboxylic acids is 1. The van der Waals surface area contributed by atoms with Gasteiger partial charge in [0.1, 0.15) is 5.82 Å². The van der Waals surface area contributed by atoms with Crippen LogP contribution >= 0.6 is 0 Å². The molecule has 1 aromatic rings. The Hall–Kier alpha value is -1.97. The third kappa shape index (κ3) is 5.97. The summed E-state index contributed by atoms with van der Waals surface area (Å²) < 4.78 is 18.5. The topological polar surface area (TPSA) is 56.6 Å². The smallest absolute Gasteiger partial charge is 0.227 e. The number of nitrogens with zero attached hydrogens (tertiary/aromatic N) is 3. The third-order valence-electron chi connectivity index (χ3n) is 3.88. The second kappa shape index (κ2) is 9.23. The molecule has 0 spiro atoms. The van der Waals surface area contributed by atoms with Crippen molar-refractivity contribution in [2.24, 2.45) is 0 Å². The summed E-state index contributed by atoms with van der Waals surface area (Å²) in [6.07, 6.45) is 0.463. The van der Waals surface area contributed by atoms with Gasteiger partial charge in [0.25, 0.3) is 0 Å². The van der Waals surface area contributed by atoms with Crippen LogP contribution in [0.2, 0.25) is 0 Å². The van der Waals surface area contributed by atoms with Crippen molar-refractivity contribution in [1.82, 2.24) is 9.80 Å². The molecule has 1 amide bonds. The van der Waals surface area contributed by atoms with E-state index in [1.165, 1.54) is 12.1 Å². The number of carbonyl (C=O) groups is 1. The Morgan fingerprint density at radius 2 is 2.13 bits per heavy atom. The molecule has 1 aliphatic rings. The fourth-order valence-corrected chi connectivity index (χ4v) is 2.57. The van der Waals surface area contributed by atoms with Gasteiger partial charge >= 0.3 is 0 Å². The van der Waals surface area contributed by atoms with Crippen molar-refractivity contribution in [2.75, 3.05) is 45.9 Å². The van der Waals surface area contributed by atoms with Crippen LogP contribution in [0.3, 0.4) is 0 Å². The lowest BCUT2D eigenvalue weighted by molar-refractivity contribution is -0.130. The zero-order valence-electron chi connectivity index (χ0n) is 13.2. The second-order valence-electron chi connectivity index (χ2n) is 5.55. The minimum Gasteiger partial charge on any atom is -0.379 e. The molecule has 6 heteroatoms. The summed E-state index contributed by atoms with van der Waals surface area (Å²) in [7, 11) is 0. The number of benzene rings is 1. The molecule has 0 unspecified atom stereocenters. The highest BCUT2D eigenvalue weighted by molar-refractivity contribution is 5.78. The number of rotatable bonds is 7. The van der Waals surface area contributed by atoms with Crippen molar-refractivity contribution in [2.45, 2.75) is 12.8 Å². The first kappa shape index (κ1) is 17.4. The van der Waals surface area contributed by atoms with E-state index >= 15 is 0 Å². The summed E-state index contributed by atoms with van der Waals surface area (Å²) in [6, 6.07) is 8.16. The molecule has 0 aromatic heterocycles. The quantitative estimate of drug-likeness (QED) is 0.763. The van der Waals surface area contributed by atoms with Gasteiger partial charge in [-0.15, -0.1) is 0 Å². The highest BCUT2D eigenvalue weighted by Crippen LogP contribution is 2.07. The van der Waals surface area contributed by atoms with Crippen molar-refractivity contribution in [3.05, 3.63) is 35.6 Å². The summed E-state index contributed by atoms with van der Waals surface area (Å²) in [5, 5.41) is 8.78. The average Bonchev–Trinajstić information content (AvgIpc) is 2.56. The summed E-state index contributed by atoms with van der Waals surface area (Å²) in [4.78, 5) is 16.4. The van der Waals surface area contributed by atoms with E-state index in [2.05, 4.69) is 11.0 Å². The predicted molar refractivity (Wildman–Crippen MR) is 84.2 cm³/mol. The molecule has 0 radical (unpaired) electrons. The number of halogens is 1. The first-order valence-electron chi connectivity index (χ1n) is 7.88. The van der Waals surface area contributed by atoms with Gasteiger partial charge in [0.2, 0.25) is 5.91 Å². The average molecular weight is 319 g/mol. The lowest BCUT2D eigenvalue weighted by Crippen LogP contribution is -2.43. The van der Waals surface area contributed by atoms with Crippen LogP contribution in [0.5, 0.6) is 0 Å². The molecule has 1 heterocycles. The fourth-order valence-electron chi connectivity index (χ4n) is 2.57. The zero-order valence-corrected chi connectivity index (χ0v) is 13.2. The van der Waals surface area contributed by atoms with Crippen molar-refractivity contribution in [1.29, 1.82) is 5.26 Å². The summed E-state index contributed by atoms with van der Waals surface area (Å²) in [5.74, 6) is -0.411. The SMILES string of the molecule is N#CCCN(CCN1CCOCC1)C(=O)Cc1cccc(F)c1. The Balaban J connectivity index is 1.90. The molecule has 1 aromatic carbocycles. The lowest BCUT2D eigenvalue weighted by atomic mass is 10.1. The Morgan fingerprint density at radius 3 is 2.83 bits per heavy atom. The van der Waals surface area contributed by atoms with Crippen LogP contribution in [-0.2, 0) is 16.0 Å². The molecule has 124 valence electrons. The van der Waals surface area contributed by atoms with Gasteiger partial charge in [-0.2, -0.15) is 5.26 Å². The standard InChI is InChI=1S/C17H22FN3O2/c18-16-4-1-3-15(13-16)14-17(22)21(6-2-5-19)8-7-20-9-11-23-12-10-20/h1,3-4,13H,2,6-12,14H2. The molecule has 5 nitrogen and oxygen atoms in total. The van der Waals surface area contributed by atoms with E-state index in [4.69, 9.17) is 10.00 Å². The van der Waals surface area contributed by atoms with Gasteiger partial charge in [-0.1, -0.05) is 12.1 Å². The molecule has 23 heavy (non-hydrogen) atoms. The Morgan fingerprint density at radius 1 is 1.35 bits per heavy atom. The second-order valence-corrected chi connectivity index (χ2v) is 5.55. The lowest BCUT2D eigenvalue weighted by Gasteiger charge is -2.30. The molecule has 1 aliphatic heterocycles. The maximum Gasteiger partial charge on any atom is 0.227 e. The van der Waals surface area contributed by atoms with Gasteiger partial charge in [-0.25, -0.2) is 4.39 Å². The van der Waals surface area contributed by atoms with Crippen LogP contribution < -0.4 is 0 Å². The van der Waals surface area contributed by atoms with Crippen molar-refractivity contribution < 1.29 is 13.9 Å². The molecule has 1 saturated heterocycles. The van der Waals surface area contributed by atoms with Crippen molar-refractivity contribution >= 4 is 5.91 Å². The highest BCUT2D eigenvalue weighted by atomic mass is 19.1. The van der Waals surface area contributed by atoms with E-state index < -0.39 is 0 Å². The minimum absolute atomic E-state index is 0.0703. The number of ether oxygens (including phenoxy) is 1. The predicted octanol–water partition coefficient (Wildman–Crippen LogP) is 1.44. The largest absolute Gasteiger partial charge is 0.379 e. The first-order valence-corrected chi connectivity index (χ1v) is 7.88. The maximum atomic E-state index is 13.2. The van der Waals surface area contributed by atoms with E-state index in [0.29, 0.717) is 25.1 Å². The molecule has 2 rings (SSSR count). The van der Waals surface area contributed by atoms with Gasteiger partial charge in [0.15, 0.2) is 0 Å². The van der Waals surface area contributed by atoms with Gasteiger partial charge in [-0.05, 0) is 17.7 Å². The normalized spacial score (nSPS) is 15.1. The van der Waals surface area contributed by atoms with Crippen molar-refractivity contribution in [3.8, 4) is 6.07 Å². The van der Waals surface area contributed by atoms with Crippen LogP contribution in [0.25, 0.3) is 0 Å². The van der Waals surface area contributed by atoms with Crippen LogP contribution in [0.4, 0.5) is 4.39 Å². The van der Waals surface area contributed by atoms with E-state index in [1.807, 2.05) is 0 Å². The molecule has 0 aliphatic carbocycles. The van der Waals surface area contributed by atoms with Crippen LogP contribution in [0, 0.1) is 17.1 Å². The van der Waals surface area contributed by atoms with E-state index in [1.54, 1.807) is 17.0 Å². The van der Waals surface area contributed by atoms with Gasteiger partial charge in [0.05, 0.1) is 32.1 Å². The molecular formula is C17H22FN3O2. The fraction of sp³-hybridized carbons (Fsp3) is 0.529. The van der Waals surface area contributed by atoms with E-state index in [0.717, 1.165) is 32.8 Å². The summed E-state index contributed by atoms with van der Waals surface area (Å²) in [5.41, 5.74) is 0.656.